The number of carbonyl (C=O) groups excluding carboxylic acids is 3. The van der Waals surface area contributed by atoms with Crippen LogP contribution >= 0.6 is 0 Å². The summed E-state index contributed by atoms with van der Waals surface area (Å²) in [6, 6.07) is 0. The Balaban J connectivity index is 4.29. The van der Waals surface area contributed by atoms with Gasteiger partial charge in [-0.3, -0.25) is 14.4 Å². The molecule has 0 saturated heterocycles. The second-order valence-electron chi connectivity index (χ2n) is 21.2. The van der Waals surface area contributed by atoms with Gasteiger partial charge in [0, 0.05) is 19.3 Å². The van der Waals surface area contributed by atoms with Crippen LogP contribution in [0.4, 0.5) is 0 Å². The van der Waals surface area contributed by atoms with Crippen molar-refractivity contribution < 1.29 is 28.6 Å². The van der Waals surface area contributed by atoms with E-state index in [0.717, 1.165) is 63.7 Å². The van der Waals surface area contributed by atoms with E-state index in [1.165, 1.54) is 244 Å². The largest absolute Gasteiger partial charge is 0.462 e. The zero-order chi connectivity index (χ0) is 48.8. The van der Waals surface area contributed by atoms with Crippen LogP contribution in [0.15, 0.2) is 0 Å². The lowest BCUT2D eigenvalue weighted by atomic mass is 9.99. The van der Waals surface area contributed by atoms with Gasteiger partial charge in [-0.15, -0.1) is 0 Å². The summed E-state index contributed by atoms with van der Waals surface area (Å²) in [5.41, 5.74) is 0. The topological polar surface area (TPSA) is 78.9 Å². The average Bonchev–Trinajstić information content (AvgIpc) is 3.33. The molecule has 0 aliphatic rings. The Morgan fingerprint density at radius 2 is 0.522 bits per heavy atom. The van der Waals surface area contributed by atoms with Gasteiger partial charge in [-0.05, 0) is 25.2 Å². The van der Waals surface area contributed by atoms with Gasteiger partial charge < -0.3 is 14.2 Å². The molecule has 398 valence electrons. The van der Waals surface area contributed by atoms with E-state index in [4.69, 9.17) is 14.2 Å². The molecule has 67 heavy (non-hydrogen) atoms. The molecule has 0 aliphatic heterocycles. The highest BCUT2D eigenvalue weighted by molar-refractivity contribution is 5.71. The van der Waals surface area contributed by atoms with E-state index < -0.39 is 6.10 Å². The maximum atomic E-state index is 12.9. The van der Waals surface area contributed by atoms with Crippen molar-refractivity contribution >= 4 is 17.9 Å². The SMILES string of the molecule is CCCCCCCCCCCCCCCCCCCCC(=O)O[C@H](COC(=O)CCCCCCCCCCCCCCCCCCC)COC(=O)CCCCCCCCCCCCC(C)CC. The lowest BCUT2D eigenvalue weighted by Crippen LogP contribution is -2.30. The van der Waals surface area contributed by atoms with Crippen molar-refractivity contribution in [1.29, 1.82) is 0 Å². The highest BCUT2D eigenvalue weighted by atomic mass is 16.6. The lowest BCUT2D eigenvalue weighted by Gasteiger charge is -2.18. The smallest absolute Gasteiger partial charge is 0.306 e. The zero-order valence-electron chi connectivity index (χ0n) is 45.9. The van der Waals surface area contributed by atoms with Crippen molar-refractivity contribution in [3.05, 3.63) is 0 Å². The molecule has 0 aromatic heterocycles. The Kier molecular flexibility index (Phi) is 54.0. The van der Waals surface area contributed by atoms with Gasteiger partial charge in [-0.25, -0.2) is 0 Å². The molecule has 0 saturated carbocycles. The third-order valence-electron chi connectivity index (χ3n) is 14.4. The quantitative estimate of drug-likeness (QED) is 0.0343. The molecule has 1 unspecified atom stereocenters. The van der Waals surface area contributed by atoms with Crippen molar-refractivity contribution in [2.45, 2.75) is 355 Å². The molecular formula is C61H118O6. The standard InChI is InChI=1S/C61H118O6/c1-5-8-10-12-14-16-18-20-22-24-26-28-30-32-38-42-46-50-54-61(64)67-58(56-66-60(63)53-49-45-41-37-34-33-35-39-43-47-51-57(4)7-3)55-65-59(62)52-48-44-40-36-31-29-27-25-23-21-19-17-15-13-11-9-6-2/h57-58H,5-56H2,1-4H3/t57?,58-/m1/s1. The van der Waals surface area contributed by atoms with E-state index >= 15 is 0 Å². The first-order valence-electron chi connectivity index (χ1n) is 30.4. The number of esters is 3. The molecule has 0 heterocycles. The van der Waals surface area contributed by atoms with Crippen molar-refractivity contribution in [3.63, 3.8) is 0 Å². The summed E-state index contributed by atoms with van der Waals surface area (Å²) >= 11 is 0. The van der Waals surface area contributed by atoms with E-state index in [1.807, 2.05) is 0 Å². The molecule has 0 fully saturated rings. The Morgan fingerprint density at radius 3 is 0.776 bits per heavy atom. The molecule has 6 heteroatoms. The van der Waals surface area contributed by atoms with Crippen LogP contribution in [0.2, 0.25) is 0 Å². The van der Waals surface area contributed by atoms with Gasteiger partial charge in [0.25, 0.3) is 0 Å². The van der Waals surface area contributed by atoms with Gasteiger partial charge in [0.15, 0.2) is 6.10 Å². The molecule has 0 aliphatic carbocycles. The average molecular weight is 948 g/mol. The monoisotopic (exact) mass is 947 g/mol. The first-order chi connectivity index (χ1) is 32.9. The fourth-order valence-corrected chi connectivity index (χ4v) is 9.42. The third kappa shape index (κ3) is 53.6. The Labute approximate surface area is 418 Å². The van der Waals surface area contributed by atoms with E-state index in [1.54, 1.807) is 0 Å². The van der Waals surface area contributed by atoms with Crippen LogP contribution in [0.25, 0.3) is 0 Å². The van der Waals surface area contributed by atoms with E-state index in [2.05, 4.69) is 27.7 Å². The second kappa shape index (κ2) is 55.3. The summed E-state index contributed by atoms with van der Waals surface area (Å²) in [7, 11) is 0. The Morgan fingerprint density at radius 1 is 0.299 bits per heavy atom. The minimum absolute atomic E-state index is 0.0617. The fraction of sp³-hybridized carbons (Fsp3) is 0.951. The predicted molar refractivity (Wildman–Crippen MR) is 289 cm³/mol. The summed E-state index contributed by atoms with van der Waals surface area (Å²) in [5, 5.41) is 0. The summed E-state index contributed by atoms with van der Waals surface area (Å²) in [5.74, 6) is 0.0372. The van der Waals surface area contributed by atoms with Gasteiger partial charge in [0.2, 0.25) is 0 Å². The van der Waals surface area contributed by atoms with Gasteiger partial charge in [0.05, 0.1) is 0 Å². The summed E-state index contributed by atoms with van der Waals surface area (Å²) in [4.78, 5) is 38.2. The maximum Gasteiger partial charge on any atom is 0.306 e. The highest BCUT2D eigenvalue weighted by Gasteiger charge is 2.19. The van der Waals surface area contributed by atoms with Crippen LogP contribution < -0.4 is 0 Å². The number of ether oxygens (including phenoxy) is 3. The summed E-state index contributed by atoms with van der Waals surface area (Å²) in [6.45, 7) is 9.09. The van der Waals surface area contributed by atoms with E-state index in [-0.39, 0.29) is 31.1 Å². The molecule has 6 nitrogen and oxygen atoms in total. The molecule has 0 radical (unpaired) electrons. The number of rotatable bonds is 56. The van der Waals surface area contributed by atoms with Crippen LogP contribution in [0.1, 0.15) is 349 Å². The molecule has 0 rings (SSSR count). The highest BCUT2D eigenvalue weighted by Crippen LogP contribution is 2.19. The summed E-state index contributed by atoms with van der Waals surface area (Å²) < 4.78 is 16.9. The van der Waals surface area contributed by atoms with Gasteiger partial charge in [-0.1, -0.05) is 310 Å². The molecule has 0 aromatic rings. The predicted octanol–water partition coefficient (Wildman–Crippen LogP) is 20.2. The van der Waals surface area contributed by atoms with Crippen molar-refractivity contribution in [2.75, 3.05) is 13.2 Å². The van der Waals surface area contributed by atoms with Crippen LogP contribution in [0.3, 0.4) is 0 Å². The van der Waals surface area contributed by atoms with Crippen LogP contribution in [0, 0.1) is 5.92 Å². The van der Waals surface area contributed by atoms with Crippen molar-refractivity contribution in [3.8, 4) is 0 Å². The van der Waals surface area contributed by atoms with Crippen LogP contribution in [0.5, 0.6) is 0 Å². The second-order valence-corrected chi connectivity index (χ2v) is 21.2. The van der Waals surface area contributed by atoms with Gasteiger partial charge in [-0.2, -0.15) is 0 Å². The Hall–Kier alpha value is -1.59. The molecule has 0 aromatic carbocycles. The molecule has 0 N–H and O–H groups in total. The van der Waals surface area contributed by atoms with Crippen LogP contribution in [-0.4, -0.2) is 37.2 Å². The first kappa shape index (κ1) is 65.4. The first-order valence-corrected chi connectivity index (χ1v) is 30.4. The maximum absolute atomic E-state index is 12.9. The third-order valence-corrected chi connectivity index (χ3v) is 14.4. The molecule has 0 bridgehead atoms. The number of hydrogen-bond donors (Lipinski definition) is 0. The number of hydrogen-bond acceptors (Lipinski definition) is 6. The summed E-state index contributed by atoms with van der Waals surface area (Å²) in [6.07, 6.45) is 60.9. The van der Waals surface area contributed by atoms with E-state index in [9.17, 15) is 14.4 Å². The Bertz CT molecular complexity index is 1010. The van der Waals surface area contributed by atoms with E-state index in [0.29, 0.717) is 19.3 Å². The fourth-order valence-electron chi connectivity index (χ4n) is 9.42. The number of carbonyl (C=O) groups is 3. The lowest BCUT2D eigenvalue weighted by molar-refractivity contribution is -0.167. The normalized spacial score (nSPS) is 12.4. The minimum atomic E-state index is -0.762. The number of unbranched alkanes of at least 4 members (excludes halogenated alkanes) is 42. The van der Waals surface area contributed by atoms with Gasteiger partial charge >= 0.3 is 17.9 Å². The minimum Gasteiger partial charge on any atom is -0.462 e. The zero-order valence-corrected chi connectivity index (χ0v) is 45.9. The molecule has 0 amide bonds. The van der Waals surface area contributed by atoms with Crippen molar-refractivity contribution in [2.24, 2.45) is 5.92 Å². The molecule has 0 spiro atoms. The molecule has 2 atom stereocenters. The molecular weight excluding hydrogens is 829 g/mol. The van der Waals surface area contributed by atoms with Crippen molar-refractivity contribution in [1.82, 2.24) is 0 Å². The van der Waals surface area contributed by atoms with Crippen LogP contribution in [-0.2, 0) is 28.6 Å². The van der Waals surface area contributed by atoms with Gasteiger partial charge in [0.1, 0.15) is 13.2 Å².